The number of nitrogens with one attached hydrogen (secondary N) is 2. The van der Waals surface area contributed by atoms with Gasteiger partial charge in [-0.3, -0.25) is 0 Å². The van der Waals surface area contributed by atoms with E-state index in [9.17, 15) is 0 Å². The van der Waals surface area contributed by atoms with E-state index in [-0.39, 0.29) is 0 Å². The Bertz CT molecular complexity index is 132. The Labute approximate surface area is 61.0 Å². The van der Waals surface area contributed by atoms with Crippen molar-refractivity contribution in [2.45, 2.75) is 0 Å². The Morgan fingerprint density at radius 1 is 0.500 bits per heavy atom. The first-order valence-corrected chi connectivity index (χ1v) is 2.50. The molecule has 0 saturated carbocycles. The maximum absolute atomic E-state index is 5.00. The molecule has 2 nitrogen and oxygen atoms in total. The van der Waals surface area contributed by atoms with E-state index < -0.39 is 0 Å². The highest BCUT2D eigenvalue weighted by molar-refractivity contribution is 4.99. The largest absolute Gasteiger partial charge is 0.335 e. The standard InChI is InChI=1S/C6H6.2CHN/c1-2-4-6-5-3-1;2*1-2/h1-6H;2*2H. The zero-order chi connectivity index (χ0) is 8.24. The third-order valence-electron chi connectivity index (χ3n) is 0.667. The summed E-state index contributed by atoms with van der Waals surface area (Å²) in [6.07, 6.45) is 0. The zero-order valence-corrected chi connectivity index (χ0v) is 5.46. The molecule has 0 heterocycles. The second kappa shape index (κ2) is 15.7. The minimum absolute atomic E-state index is 2.00. The minimum atomic E-state index is 2.00. The van der Waals surface area contributed by atoms with Crippen LogP contribution in [0.3, 0.4) is 0 Å². The molecular weight excluding hydrogens is 124 g/mol. The molecule has 0 aromatic heterocycles. The molecule has 0 aliphatic carbocycles. The van der Waals surface area contributed by atoms with Crippen LogP contribution >= 0.6 is 0 Å². The van der Waals surface area contributed by atoms with Gasteiger partial charge >= 0.3 is 0 Å². The molecule has 0 atom stereocenters. The van der Waals surface area contributed by atoms with Crippen molar-refractivity contribution < 1.29 is 10.5 Å². The monoisotopic (exact) mass is 132 g/mol. The van der Waals surface area contributed by atoms with E-state index >= 15 is 0 Å². The quantitative estimate of drug-likeness (QED) is 0.398. The molecule has 0 aliphatic heterocycles. The Hall–Kier alpha value is -1.80. The van der Waals surface area contributed by atoms with Crippen LogP contribution in [0.2, 0.25) is 0 Å². The molecule has 0 amide bonds. The molecule has 2 heteroatoms. The normalized spacial score (nSPS) is 5.20. The van der Waals surface area contributed by atoms with E-state index in [1.807, 2.05) is 36.4 Å². The van der Waals surface area contributed by atoms with Crippen molar-refractivity contribution in [1.82, 2.24) is 0 Å². The SMILES string of the molecule is [C-]#[NH+].[C-]#[NH+].c1ccccc1. The molecule has 0 saturated heterocycles. The molecule has 0 bridgehead atoms. The molecule has 0 aliphatic rings. The van der Waals surface area contributed by atoms with E-state index in [4.69, 9.17) is 23.7 Å². The van der Waals surface area contributed by atoms with Crippen molar-refractivity contribution in [3.8, 4) is 0 Å². The van der Waals surface area contributed by atoms with Crippen LogP contribution in [-0.2, 0) is 0 Å². The van der Waals surface area contributed by atoms with Gasteiger partial charge in [-0.05, 0) is 0 Å². The molecule has 50 valence electrons. The zero-order valence-electron chi connectivity index (χ0n) is 5.46. The van der Waals surface area contributed by atoms with Crippen LogP contribution in [0.5, 0.6) is 0 Å². The second-order valence-corrected chi connectivity index (χ2v) is 1.15. The predicted molar refractivity (Wildman–Crippen MR) is 34.9 cm³/mol. The lowest BCUT2D eigenvalue weighted by Crippen LogP contribution is -2.10. The molecule has 0 spiro atoms. The van der Waals surface area contributed by atoms with Gasteiger partial charge in [-0.2, -0.15) is 0 Å². The van der Waals surface area contributed by atoms with Gasteiger partial charge < -0.3 is 10.5 Å². The summed E-state index contributed by atoms with van der Waals surface area (Å²) in [5, 5.41) is 10.0. The molecular formula is C8H8N2. The summed E-state index contributed by atoms with van der Waals surface area (Å²) in [6.45, 7) is 10.0. The first kappa shape index (κ1) is 11.1. The molecule has 0 radical (unpaired) electrons. The third-order valence-corrected chi connectivity index (χ3v) is 0.667. The van der Waals surface area contributed by atoms with E-state index in [2.05, 4.69) is 0 Å². The lowest BCUT2D eigenvalue weighted by molar-refractivity contribution is -0.100. The maximum atomic E-state index is 5.00. The Morgan fingerprint density at radius 3 is 0.700 bits per heavy atom. The lowest BCUT2D eigenvalue weighted by atomic mass is 10.4. The Morgan fingerprint density at radius 2 is 0.600 bits per heavy atom. The van der Waals surface area contributed by atoms with Crippen LogP contribution in [0.1, 0.15) is 0 Å². The molecule has 1 rings (SSSR count). The lowest BCUT2D eigenvalue weighted by Gasteiger charge is -1.69. The summed E-state index contributed by atoms with van der Waals surface area (Å²) < 4.78 is 0. The third kappa shape index (κ3) is 9.50. The van der Waals surface area contributed by atoms with E-state index in [1.165, 1.54) is 0 Å². The van der Waals surface area contributed by atoms with Crippen LogP contribution in [0, 0.1) is 13.1 Å². The fraction of sp³-hybridized carbons (Fsp3) is 0. The average Bonchev–Trinajstić information content (AvgIpc) is 2.14. The fourth-order valence-electron chi connectivity index (χ4n) is 0.385. The Balaban J connectivity index is 0. The van der Waals surface area contributed by atoms with E-state index in [0.29, 0.717) is 0 Å². The molecule has 10 heavy (non-hydrogen) atoms. The topological polar surface area (TPSA) is 47.6 Å². The summed E-state index contributed by atoms with van der Waals surface area (Å²) in [4.78, 5) is 0. The van der Waals surface area contributed by atoms with Crippen molar-refractivity contribution in [2.24, 2.45) is 0 Å². The van der Waals surface area contributed by atoms with Crippen molar-refractivity contribution in [3.63, 3.8) is 0 Å². The van der Waals surface area contributed by atoms with Crippen molar-refractivity contribution in [3.05, 3.63) is 49.5 Å². The average molecular weight is 132 g/mol. The molecule has 1 aromatic rings. The van der Waals surface area contributed by atoms with Crippen LogP contribution in [-0.4, -0.2) is 0 Å². The molecule has 1 aromatic carbocycles. The van der Waals surface area contributed by atoms with E-state index in [0.717, 1.165) is 0 Å². The number of hydrogen-bond acceptors (Lipinski definition) is 0. The highest BCUT2D eigenvalue weighted by atomic mass is 14.2. The molecule has 0 fully saturated rings. The van der Waals surface area contributed by atoms with Gasteiger partial charge in [0.25, 0.3) is 0 Å². The van der Waals surface area contributed by atoms with Crippen molar-refractivity contribution >= 4 is 0 Å². The summed E-state index contributed by atoms with van der Waals surface area (Å²) in [6, 6.07) is 12.0. The van der Waals surface area contributed by atoms with Gasteiger partial charge in [-0.15, -0.1) is 0 Å². The number of hydrogen-bond donors (Lipinski definition) is 2. The van der Waals surface area contributed by atoms with Gasteiger partial charge in [0.2, 0.25) is 0 Å². The number of rotatable bonds is 0. The molecule has 2 N–H and O–H groups in total. The maximum Gasteiger partial charge on any atom is -0.0623 e. The van der Waals surface area contributed by atoms with Gasteiger partial charge in [0.1, 0.15) is 0 Å². The summed E-state index contributed by atoms with van der Waals surface area (Å²) in [5.41, 5.74) is 0. The van der Waals surface area contributed by atoms with Crippen molar-refractivity contribution in [1.29, 1.82) is 0 Å². The predicted octanol–water partition coefficient (Wildman–Crippen LogP) is -1.62. The van der Waals surface area contributed by atoms with Crippen LogP contribution in [0.25, 0.3) is 0 Å². The number of benzene rings is 1. The molecule has 0 unspecified atom stereocenters. The smallest absolute Gasteiger partial charge is 0.0623 e. The van der Waals surface area contributed by atoms with Gasteiger partial charge in [0.05, 0.1) is 0 Å². The van der Waals surface area contributed by atoms with Gasteiger partial charge in [0, 0.05) is 0 Å². The minimum Gasteiger partial charge on any atom is -0.335 e. The summed E-state index contributed by atoms with van der Waals surface area (Å²) in [5.74, 6) is 0. The van der Waals surface area contributed by atoms with Crippen LogP contribution in [0.15, 0.2) is 36.4 Å². The van der Waals surface area contributed by atoms with Crippen LogP contribution < -0.4 is 10.5 Å². The fourth-order valence-corrected chi connectivity index (χ4v) is 0.385. The van der Waals surface area contributed by atoms with Crippen LogP contribution in [0.4, 0.5) is 0 Å². The summed E-state index contributed by atoms with van der Waals surface area (Å²) in [7, 11) is 0. The first-order valence-electron chi connectivity index (χ1n) is 2.50. The van der Waals surface area contributed by atoms with Gasteiger partial charge in [-0.25, -0.2) is 13.1 Å². The second-order valence-electron chi connectivity index (χ2n) is 1.15. The summed E-state index contributed by atoms with van der Waals surface area (Å²) >= 11 is 0. The highest BCUT2D eigenvalue weighted by Crippen LogP contribution is 1.79. The highest BCUT2D eigenvalue weighted by Gasteiger charge is 1.57. The Kier molecular flexibility index (Phi) is 17.4. The first-order chi connectivity index (χ1) is 5.00. The van der Waals surface area contributed by atoms with Crippen molar-refractivity contribution in [2.75, 3.05) is 0 Å². The van der Waals surface area contributed by atoms with E-state index in [1.54, 1.807) is 0 Å². The van der Waals surface area contributed by atoms with Gasteiger partial charge in [-0.1, -0.05) is 36.4 Å². The van der Waals surface area contributed by atoms with Gasteiger partial charge in [0.15, 0.2) is 0 Å².